The van der Waals surface area contributed by atoms with Gasteiger partial charge < -0.3 is 15.0 Å². The molecule has 2 fully saturated rings. The van der Waals surface area contributed by atoms with E-state index in [0.29, 0.717) is 12.5 Å². The van der Waals surface area contributed by atoms with Crippen LogP contribution in [0.1, 0.15) is 31.2 Å². The third-order valence-electron chi connectivity index (χ3n) is 5.24. The van der Waals surface area contributed by atoms with Gasteiger partial charge in [-0.15, -0.1) is 0 Å². The Morgan fingerprint density at radius 1 is 1.28 bits per heavy atom. The predicted molar refractivity (Wildman–Crippen MR) is 99.4 cm³/mol. The van der Waals surface area contributed by atoms with E-state index in [1.807, 2.05) is 7.05 Å². The van der Waals surface area contributed by atoms with Gasteiger partial charge in [-0.05, 0) is 43.7 Å². The summed E-state index contributed by atoms with van der Waals surface area (Å²) in [7, 11) is 1.86. The van der Waals surface area contributed by atoms with Crippen molar-refractivity contribution in [2.45, 2.75) is 38.3 Å². The fourth-order valence-electron chi connectivity index (χ4n) is 3.85. The number of carbonyl (C=O) groups excluding carboxylic acids is 1. The molecule has 2 heterocycles. The Balaban J connectivity index is 1.39. The highest BCUT2D eigenvalue weighted by atomic mass is 16.5. The Morgan fingerprint density at radius 2 is 2.12 bits per heavy atom. The smallest absolute Gasteiger partial charge is 0.317 e. The average molecular weight is 345 g/mol. The van der Waals surface area contributed by atoms with Crippen molar-refractivity contribution >= 4 is 6.03 Å². The molecule has 0 spiro atoms. The summed E-state index contributed by atoms with van der Waals surface area (Å²) in [5.74, 6) is 0.539. The fourth-order valence-corrected chi connectivity index (χ4v) is 3.85. The average Bonchev–Trinajstić information content (AvgIpc) is 3.14. The highest BCUT2D eigenvalue weighted by Gasteiger charge is 2.23. The molecule has 2 aliphatic heterocycles. The van der Waals surface area contributed by atoms with Gasteiger partial charge >= 0.3 is 6.03 Å². The second-order valence-electron chi connectivity index (χ2n) is 7.43. The van der Waals surface area contributed by atoms with E-state index in [-0.39, 0.29) is 12.1 Å². The van der Waals surface area contributed by atoms with Gasteiger partial charge in [0.05, 0.1) is 6.10 Å². The van der Waals surface area contributed by atoms with Gasteiger partial charge in [-0.2, -0.15) is 0 Å². The standard InChI is InChI=1S/C20H31N3O2/c1-22(16-19-10-6-12-25-19)20(24)21-13-18-9-5-11-23(15-18)14-17-7-3-2-4-8-17/h2-4,7-8,18-19H,5-6,9-16H2,1H3,(H,21,24)/t18-,19-/m0/s1. The zero-order valence-electron chi connectivity index (χ0n) is 15.3. The van der Waals surface area contributed by atoms with Gasteiger partial charge in [-0.25, -0.2) is 4.79 Å². The van der Waals surface area contributed by atoms with Crippen molar-refractivity contribution in [2.75, 3.05) is 39.8 Å². The van der Waals surface area contributed by atoms with Crippen LogP contribution in [0.4, 0.5) is 4.79 Å². The topological polar surface area (TPSA) is 44.8 Å². The lowest BCUT2D eigenvalue weighted by Gasteiger charge is -2.33. The molecule has 0 unspecified atom stereocenters. The van der Waals surface area contributed by atoms with Gasteiger partial charge in [0.25, 0.3) is 0 Å². The summed E-state index contributed by atoms with van der Waals surface area (Å²) in [6.45, 7) is 5.50. The van der Waals surface area contributed by atoms with Gasteiger partial charge in [0.15, 0.2) is 0 Å². The number of hydrogen-bond donors (Lipinski definition) is 1. The molecule has 0 radical (unpaired) electrons. The number of hydrogen-bond acceptors (Lipinski definition) is 3. The first kappa shape index (κ1) is 18.2. The maximum Gasteiger partial charge on any atom is 0.317 e. The van der Waals surface area contributed by atoms with E-state index in [0.717, 1.165) is 45.6 Å². The van der Waals surface area contributed by atoms with Crippen LogP contribution in [0.5, 0.6) is 0 Å². The molecule has 138 valence electrons. The van der Waals surface area contributed by atoms with Gasteiger partial charge in [0.2, 0.25) is 0 Å². The van der Waals surface area contributed by atoms with Gasteiger partial charge in [-0.1, -0.05) is 30.3 Å². The molecule has 1 N–H and O–H groups in total. The summed E-state index contributed by atoms with van der Waals surface area (Å²) in [5, 5.41) is 3.12. The molecular weight excluding hydrogens is 314 g/mol. The second-order valence-corrected chi connectivity index (χ2v) is 7.43. The zero-order chi connectivity index (χ0) is 17.5. The Bertz CT molecular complexity index is 531. The minimum atomic E-state index is 0.0238. The molecule has 2 amide bonds. The number of amides is 2. The minimum Gasteiger partial charge on any atom is -0.376 e. The molecule has 1 aromatic carbocycles. The third-order valence-corrected chi connectivity index (χ3v) is 5.24. The van der Waals surface area contributed by atoms with Crippen molar-refractivity contribution in [1.82, 2.24) is 15.1 Å². The van der Waals surface area contributed by atoms with Crippen molar-refractivity contribution in [3.8, 4) is 0 Å². The number of benzene rings is 1. The molecule has 3 rings (SSSR count). The number of urea groups is 1. The minimum absolute atomic E-state index is 0.0238. The fraction of sp³-hybridized carbons (Fsp3) is 0.650. The van der Waals surface area contributed by atoms with Crippen LogP contribution in [0.15, 0.2) is 30.3 Å². The maximum atomic E-state index is 12.3. The van der Waals surface area contributed by atoms with E-state index >= 15 is 0 Å². The Kier molecular flexibility index (Phi) is 6.70. The van der Waals surface area contributed by atoms with Crippen LogP contribution in [0.25, 0.3) is 0 Å². The number of likely N-dealkylation sites (tertiary alicyclic amines) is 1. The van der Waals surface area contributed by atoms with Crippen molar-refractivity contribution in [3.63, 3.8) is 0 Å². The number of carbonyl (C=O) groups is 1. The summed E-state index contributed by atoms with van der Waals surface area (Å²) < 4.78 is 5.61. The normalized spacial score (nSPS) is 24.2. The van der Waals surface area contributed by atoms with E-state index in [1.54, 1.807) is 4.90 Å². The number of piperidine rings is 1. The molecule has 25 heavy (non-hydrogen) atoms. The Morgan fingerprint density at radius 3 is 2.88 bits per heavy atom. The van der Waals surface area contributed by atoms with Crippen molar-refractivity contribution < 1.29 is 9.53 Å². The van der Waals surface area contributed by atoms with E-state index in [4.69, 9.17) is 4.74 Å². The summed E-state index contributed by atoms with van der Waals surface area (Å²) in [6.07, 6.45) is 4.79. The van der Waals surface area contributed by atoms with Crippen LogP contribution in [0.2, 0.25) is 0 Å². The number of nitrogens with zero attached hydrogens (tertiary/aromatic N) is 2. The van der Waals surface area contributed by atoms with E-state index in [1.165, 1.54) is 18.4 Å². The van der Waals surface area contributed by atoms with Crippen LogP contribution in [-0.4, -0.2) is 61.8 Å². The Hall–Kier alpha value is -1.59. The van der Waals surface area contributed by atoms with E-state index < -0.39 is 0 Å². The van der Waals surface area contributed by atoms with Gasteiger partial charge in [-0.3, -0.25) is 4.90 Å². The summed E-state index contributed by atoms with van der Waals surface area (Å²) in [6, 6.07) is 10.7. The quantitative estimate of drug-likeness (QED) is 0.862. The van der Waals surface area contributed by atoms with Gasteiger partial charge in [0.1, 0.15) is 0 Å². The number of nitrogens with one attached hydrogen (secondary N) is 1. The number of ether oxygens (including phenoxy) is 1. The predicted octanol–water partition coefficient (Wildman–Crippen LogP) is 2.72. The highest BCUT2D eigenvalue weighted by Crippen LogP contribution is 2.18. The summed E-state index contributed by atoms with van der Waals surface area (Å²) in [4.78, 5) is 16.6. The molecule has 0 saturated carbocycles. The SMILES string of the molecule is CN(C[C@@H]1CCCO1)C(=O)NC[C@@H]1CCCN(Cc2ccccc2)C1. The van der Waals surface area contributed by atoms with Gasteiger partial charge in [0, 0.05) is 39.8 Å². The van der Waals surface area contributed by atoms with E-state index in [2.05, 4.69) is 40.5 Å². The van der Waals surface area contributed by atoms with Crippen molar-refractivity contribution in [1.29, 1.82) is 0 Å². The monoisotopic (exact) mass is 345 g/mol. The van der Waals surface area contributed by atoms with Crippen LogP contribution in [0.3, 0.4) is 0 Å². The second kappa shape index (κ2) is 9.20. The maximum absolute atomic E-state index is 12.3. The van der Waals surface area contributed by atoms with Crippen LogP contribution in [-0.2, 0) is 11.3 Å². The van der Waals surface area contributed by atoms with Crippen LogP contribution in [0, 0.1) is 5.92 Å². The molecule has 0 aromatic heterocycles. The highest BCUT2D eigenvalue weighted by molar-refractivity contribution is 5.73. The summed E-state index contributed by atoms with van der Waals surface area (Å²) >= 11 is 0. The lowest BCUT2D eigenvalue weighted by Crippen LogP contribution is -2.45. The van der Waals surface area contributed by atoms with E-state index in [9.17, 15) is 4.79 Å². The molecular formula is C20H31N3O2. The van der Waals surface area contributed by atoms with Crippen LogP contribution >= 0.6 is 0 Å². The first-order valence-corrected chi connectivity index (χ1v) is 9.57. The molecule has 2 aliphatic rings. The molecule has 0 bridgehead atoms. The van der Waals surface area contributed by atoms with Crippen molar-refractivity contribution in [2.24, 2.45) is 5.92 Å². The summed E-state index contributed by atoms with van der Waals surface area (Å²) in [5.41, 5.74) is 1.36. The molecule has 2 saturated heterocycles. The molecule has 2 atom stereocenters. The van der Waals surface area contributed by atoms with Crippen LogP contribution < -0.4 is 5.32 Å². The molecule has 0 aliphatic carbocycles. The van der Waals surface area contributed by atoms with Crippen molar-refractivity contribution in [3.05, 3.63) is 35.9 Å². The zero-order valence-corrected chi connectivity index (χ0v) is 15.3. The third kappa shape index (κ3) is 5.72. The largest absolute Gasteiger partial charge is 0.376 e. The Labute approximate surface area is 151 Å². The molecule has 5 heteroatoms. The first-order chi connectivity index (χ1) is 12.2. The number of rotatable bonds is 6. The molecule has 1 aromatic rings. The molecule has 5 nitrogen and oxygen atoms in total. The lowest BCUT2D eigenvalue weighted by atomic mass is 9.97. The lowest BCUT2D eigenvalue weighted by molar-refractivity contribution is 0.0868. The first-order valence-electron chi connectivity index (χ1n) is 9.57. The number of likely N-dealkylation sites (N-methyl/N-ethyl adjacent to an activating group) is 1.